The van der Waals surface area contributed by atoms with E-state index >= 15 is 0 Å². The molecule has 0 aliphatic carbocycles. The second-order valence-electron chi connectivity index (χ2n) is 5.28. The van der Waals surface area contributed by atoms with Gasteiger partial charge in [-0.05, 0) is 18.4 Å². The lowest BCUT2D eigenvalue weighted by Crippen LogP contribution is -2.48. The van der Waals surface area contributed by atoms with Crippen molar-refractivity contribution in [2.24, 2.45) is 5.73 Å². The van der Waals surface area contributed by atoms with Gasteiger partial charge in [-0.2, -0.15) is 4.98 Å². The van der Waals surface area contributed by atoms with Crippen LogP contribution in [0.25, 0.3) is 10.7 Å². The minimum absolute atomic E-state index is 0.159. The highest BCUT2D eigenvalue weighted by atomic mass is 32.1. The van der Waals surface area contributed by atoms with E-state index in [0.717, 1.165) is 44.1 Å². The monoisotopic (exact) mass is 307 g/mol. The van der Waals surface area contributed by atoms with E-state index < -0.39 is 0 Å². The van der Waals surface area contributed by atoms with Crippen LogP contribution in [-0.2, 0) is 0 Å². The lowest BCUT2D eigenvalue weighted by Gasteiger charge is -2.36. The fraction of sp³-hybridized carbons (Fsp3) is 0.571. The molecule has 2 N–H and O–H groups in total. The van der Waals surface area contributed by atoms with Crippen LogP contribution < -0.4 is 5.73 Å². The van der Waals surface area contributed by atoms with Crippen molar-refractivity contribution >= 4 is 11.3 Å². The average Bonchev–Trinajstić information content (AvgIpc) is 3.19. The Morgan fingerprint density at radius 3 is 2.86 bits per heavy atom. The van der Waals surface area contributed by atoms with E-state index in [2.05, 4.69) is 26.9 Å². The number of hydrogen-bond acceptors (Lipinski definition) is 7. The normalized spacial score (nSPS) is 19.0. The molecule has 3 rings (SSSR count). The van der Waals surface area contributed by atoms with Gasteiger partial charge in [0.15, 0.2) is 0 Å². The molecule has 0 amide bonds. The molecular weight excluding hydrogens is 286 g/mol. The number of rotatable bonds is 5. The highest BCUT2D eigenvalue weighted by Crippen LogP contribution is 2.25. The minimum Gasteiger partial charge on any atom is -0.337 e. The molecule has 3 heterocycles. The predicted octanol–water partition coefficient (Wildman–Crippen LogP) is 1.44. The maximum absolute atomic E-state index is 5.61. The zero-order valence-corrected chi connectivity index (χ0v) is 13.1. The van der Waals surface area contributed by atoms with Crippen molar-refractivity contribution in [2.75, 3.05) is 39.3 Å². The number of hydrogen-bond donors (Lipinski definition) is 1. The van der Waals surface area contributed by atoms with Crippen LogP contribution in [0.15, 0.2) is 22.0 Å². The first-order valence-corrected chi connectivity index (χ1v) is 8.20. The van der Waals surface area contributed by atoms with Crippen molar-refractivity contribution in [3.05, 3.63) is 23.4 Å². The van der Waals surface area contributed by atoms with E-state index in [4.69, 9.17) is 10.3 Å². The zero-order valence-electron chi connectivity index (χ0n) is 12.2. The van der Waals surface area contributed by atoms with Crippen LogP contribution in [0, 0.1) is 0 Å². The Morgan fingerprint density at radius 1 is 1.38 bits per heavy atom. The molecule has 2 aromatic heterocycles. The molecule has 0 saturated carbocycles. The highest BCUT2D eigenvalue weighted by molar-refractivity contribution is 7.13. The summed E-state index contributed by atoms with van der Waals surface area (Å²) in [6.07, 6.45) is 0. The van der Waals surface area contributed by atoms with Gasteiger partial charge in [-0.3, -0.25) is 9.80 Å². The molecule has 6 nitrogen and oxygen atoms in total. The lowest BCUT2D eigenvalue weighted by molar-refractivity contribution is 0.0901. The standard InChI is InChI=1S/C14H21N5OS/c1-11(19-8-6-18(5-4-15)7-9-19)14-16-13(17-20-14)12-3-2-10-21-12/h2-3,10-11H,4-9,15H2,1H3. The Morgan fingerprint density at radius 2 is 2.19 bits per heavy atom. The first-order valence-electron chi connectivity index (χ1n) is 7.32. The van der Waals surface area contributed by atoms with Crippen LogP contribution in [0.5, 0.6) is 0 Å². The molecule has 1 aliphatic heterocycles. The third kappa shape index (κ3) is 3.32. The van der Waals surface area contributed by atoms with E-state index in [1.807, 2.05) is 17.5 Å². The zero-order chi connectivity index (χ0) is 14.7. The third-order valence-corrected chi connectivity index (χ3v) is 4.81. The topological polar surface area (TPSA) is 71.4 Å². The van der Waals surface area contributed by atoms with Crippen molar-refractivity contribution < 1.29 is 4.52 Å². The van der Waals surface area contributed by atoms with Crippen LogP contribution in [-0.4, -0.2) is 59.2 Å². The van der Waals surface area contributed by atoms with Gasteiger partial charge in [0.1, 0.15) is 0 Å². The maximum atomic E-state index is 5.61. The molecule has 0 aromatic carbocycles. The summed E-state index contributed by atoms with van der Waals surface area (Å²) in [4.78, 5) is 10.4. The van der Waals surface area contributed by atoms with Gasteiger partial charge < -0.3 is 10.3 Å². The first-order chi connectivity index (χ1) is 10.3. The van der Waals surface area contributed by atoms with Crippen LogP contribution in [0.4, 0.5) is 0 Å². The Hall–Kier alpha value is -1.28. The van der Waals surface area contributed by atoms with Gasteiger partial charge >= 0.3 is 0 Å². The van der Waals surface area contributed by atoms with Gasteiger partial charge in [0.05, 0.1) is 10.9 Å². The summed E-state index contributed by atoms with van der Waals surface area (Å²) in [6, 6.07) is 4.16. The number of nitrogens with two attached hydrogens (primary N) is 1. The summed E-state index contributed by atoms with van der Waals surface area (Å²) >= 11 is 1.63. The van der Waals surface area contributed by atoms with Crippen molar-refractivity contribution in [1.29, 1.82) is 0 Å². The number of piperazine rings is 1. The number of thiophene rings is 1. The summed E-state index contributed by atoms with van der Waals surface area (Å²) in [5, 5.41) is 6.11. The molecular formula is C14H21N5OS. The summed E-state index contributed by atoms with van der Waals surface area (Å²) in [6.45, 7) is 7.95. The van der Waals surface area contributed by atoms with Crippen molar-refractivity contribution in [2.45, 2.75) is 13.0 Å². The molecule has 7 heteroatoms. The van der Waals surface area contributed by atoms with Gasteiger partial charge in [-0.1, -0.05) is 11.2 Å². The fourth-order valence-corrected chi connectivity index (χ4v) is 3.27. The SMILES string of the molecule is CC(c1nc(-c2cccs2)no1)N1CCN(CCN)CC1. The summed E-state index contributed by atoms with van der Waals surface area (Å²) < 4.78 is 5.45. The fourth-order valence-electron chi connectivity index (χ4n) is 2.62. The minimum atomic E-state index is 0.159. The van der Waals surface area contributed by atoms with E-state index in [1.54, 1.807) is 11.3 Å². The molecule has 1 atom stereocenters. The van der Waals surface area contributed by atoms with Gasteiger partial charge in [-0.25, -0.2) is 0 Å². The van der Waals surface area contributed by atoms with Gasteiger partial charge in [0.2, 0.25) is 11.7 Å². The predicted molar refractivity (Wildman–Crippen MR) is 83.1 cm³/mol. The Balaban J connectivity index is 1.62. The highest BCUT2D eigenvalue weighted by Gasteiger charge is 2.25. The molecule has 114 valence electrons. The van der Waals surface area contributed by atoms with E-state index in [0.29, 0.717) is 11.7 Å². The molecule has 1 unspecified atom stereocenters. The number of aromatic nitrogens is 2. The molecule has 1 fully saturated rings. The van der Waals surface area contributed by atoms with Crippen LogP contribution in [0.2, 0.25) is 0 Å². The summed E-state index contributed by atoms with van der Waals surface area (Å²) in [5.41, 5.74) is 5.61. The average molecular weight is 307 g/mol. The van der Waals surface area contributed by atoms with Crippen LogP contribution in [0.1, 0.15) is 18.9 Å². The van der Waals surface area contributed by atoms with Crippen molar-refractivity contribution in [3.63, 3.8) is 0 Å². The smallest absolute Gasteiger partial charge is 0.244 e. The van der Waals surface area contributed by atoms with Crippen LogP contribution >= 0.6 is 11.3 Å². The quantitative estimate of drug-likeness (QED) is 0.901. The van der Waals surface area contributed by atoms with Gasteiger partial charge in [0.25, 0.3) is 0 Å². The molecule has 1 saturated heterocycles. The largest absolute Gasteiger partial charge is 0.337 e. The van der Waals surface area contributed by atoms with E-state index in [-0.39, 0.29) is 6.04 Å². The Labute approximate surface area is 128 Å². The Kier molecular flexibility index (Phi) is 4.64. The van der Waals surface area contributed by atoms with Crippen molar-refractivity contribution in [1.82, 2.24) is 19.9 Å². The second kappa shape index (κ2) is 6.65. The molecule has 0 spiro atoms. The van der Waals surface area contributed by atoms with Gasteiger partial charge in [0, 0.05) is 39.3 Å². The van der Waals surface area contributed by atoms with Crippen molar-refractivity contribution in [3.8, 4) is 10.7 Å². The Bertz CT molecular complexity index is 547. The first kappa shape index (κ1) is 14.6. The summed E-state index contributed by atoms with van der Waals surface area (Å²) in [7, 11) is 0. The molecule has 2 aromatic rings. The summed E-state index contributed by atoms with van der Waals surface area (Å²) in [5.74, 6) is 1.39. The third-order valence-electron chi connectivity index (χ3n) is 3.94. The van der Waals surface area contributed by atoms with Gasteiger partial charge in [-0.15, -0.1) is 11.3 Å². The molecule has 0 bridgehead atoms. The lowest BCUT2D eigenvalue weighted by atomic mass is 10.2. The number of nitrogens with zero attached hydrogens (tertiary/aromatic N) is 4. The maximum Gasteiger partial charge on any atom is 0.244 e. The van der Waals surface area contributed by atoms with Crippen LogP contribution in [0.3, 0.4) is 0 Å². The second-order valence-corrected chi connectivity index (χ2v) is 6.22. The van der Waals surface area contributed by atoms with E-state index in [9.17, 15) is 0 Å². The molecule has 21 heavy (non-hydrogen) atoms. The van der Waals surface area contributed by atoms with E-state index in [1.165, 1.54) is 0 Å². The molecule has 0 radical (unpaired) electrons. The molecule has 1 aliphatic rings.